The van der Waals surface area contributed by atoms with Crippen LogP contribution in [0.5, 0.6) is 5.75 Å². The number of benzene rings is 1. The maximum atomic E-state index is 6.33. The van der Waals surface area contributed by atoms with Crippen molar-refractivity contribution in [1.82, 2.24) is 4.98 Å². The quantitative estimate of drug-likeness (QED) is 0.644. The molecule has 2 heterocycles. The SMILES string of the molecule is CC1=CC=CC2C1Oc1cccnc1N2c1c(C)cc(C(C)(C)C)cc1C. The van der Waals surface area contributed by atoms with E-state index in [0.29, 0.717) is 0 Å². The molecule has 3 nitrogen and oxygen atoms in total. The number of nitrogens with zero attached hydrogens (tertiary/aromatic N) is 2. The van der Waals surface area contributed by atoms with Gasteiger partial charge in [-0.1, -0.05) is 51.1 Å². The molecule has 1 aromatic carbocycles. The summed E-state index contributed by atoms with van der Waals surface area (Å²) in [7, 11) is 0. The third-order valence-electron chi connectivity index (χ3n) is 5.56. The Balaban J connectivity index is 1.92. The molecular formula is C24H28N2O. The Kier molecular flexibility index (Phi) is 4.14. The van der Waals surface area contributed by atoms with Gasteiger partial charge in [0, 0.05) is 11.9 Å². The predicted molar refractivity (Wildman–Crippen MR) is 112 cm³/mol. The number of rotatable bonds is 1. The Labute approximate surface area is 162 Å². The van der Waals surface area contributed by atoms with Gasteiger partial charge in [-0.3, -0.25) is 0 Å². The summed E-state index contributed by atoms with van der Waals surface area (Å²) in [6.07, 6.45) is 8.36. The van der Waals surface area contributed by atoms with E-state index in [1.807, 2.05) is 18.3 Å². The zero-order chi connectivity index (χ0) is 19.3. The lowest BCUT2D eigenvalue weighted by Gasteiger charge is -2.44. The zero-order valence-electron chi connectivity index (χ0n) is 17.1. The lowest BCUT2D eigenvalue weighted by Crippen LogP contribution is -2.48. The summed E-state index contributed by atoms with van der Waals surface area (Å²) in [6, 6.07) is 8.72. The lowest BCUT2D eigenvalue weighted by molar-refractivity contribution is 0.204. The van der Waals surface area contributed by atoms with E-state index in [4.69, 9.17) is 9.72 Å². The summed E-state index contributed by atoms with van der Waals surface area (Å²) in [6.45, 7) is 13.4. The topological polar surface area (TPSA) is 25.4 Å². The van der Waals surface area contributed by atoms with Crippen molar-refractivity contribution in [2.45, 2.75) is 59.1 Å². The molecule has 27 heavy (non-hydrogen) atoms. The highest BCUT2D eigenvalue weighted by atomic mass is 16.5. The standard InChI is InChI=1S/C24H28N2O/c1-15-9-7-10-19-22(15)27-20-11-8-12-25-23(20)26(19)21-16(2)13-18(14-17(21)3)24(4,5)6/h7-14,19,22H,1-6H3. The van der Waals surface area contributed by atoms with Crippen LogP contribution in [0.1, 0.15) is 44.4 Å². The highest BCUT2D eigenvalue weighted by molar-refractivity contribution is 5.75. The van der Waals surface area contributed by atoms with Crippen LogP contribution in [0.3, 0.4) is 0 Å². The van der Waals surface area contributed by atoms with Crippen molar-refractivity contribution in [3.05, 3.63) is 71.0 Å². The normalized spacial score (nSPS) is 21.3. The van der Waals surface area contributed by atoms with Crippen molar-refractivity contribution in [3.8, 4) is 5.75 Å². The molecular weight excluding hydrogens is 332 g/mol. The minimum Gasteiger partial charge on any atom is -0.480 e. The number of pyridine rings is 1. The van der Waals surface area contributed by atoms with Crippen molar-refractivity contribution >= 4 is 11.5 Å². The fourth-order valence-corrected chi connectivity index (χ4v) is 4.13. The van der Waals surface area contributed by atoms with E-state index in [-0.39, 0.29) is 17.6 Å². The second-order valence-electron chi connectivity index (χ2n) is 8.73. The number of allylic oxidation sites excluding steroid dienone is 2. The second-order valence-corrected chi connectivity index (χ2v) is 8.73. The highest BCUT2D eigenvalue weighted by Crippen LogP contribution is 2.45. The van der Waals surface area contributed by atoms with Crippen LogP contribution in [0.4, 0.5) is 11.5 Å². The van der Waals surface area contributed by atoms with Crippen molar-refractivity contribution in [2.75, 3.05) is 4.90 Å². The Morgan fingerprint density at radius 2 is 1.78 bits per heavy atom. The average Bonchev–Trinajstić information content (AvgIpc) is 2.60. The molecule has 2 aliphatic rings. The van der Waals surface area contributed by atoms with E-state index in [1.54, 1.807) is 0 Å². The van der Waals surface area contributed by atoms with Gasteiger partial charge >= 0.3 is 0 Å². The molecule has 0 amide bonds. The summed E-state index contributed by atoms with van der Waals surface area (Å²) in [5, 5.41) is 0. The molecule has 0 saturated carbocycles. The van der Waals surface area contributed by atoms with E-state index >= 15 is 0 Å². The number of anilines is 2. The third-order valence-corrected chi connectivity index (χ3v) is 5.56. The monoisotopic (exact) mass is 360 g/mol. The van der Waals surface area contributed by atoms with Gasteiger partial charge < -0.3 is 9.64 Å². The number of ether oxygens (including phenoxy) is 1. The van der Waals surface area contributed by atoms with Gasteiger partial charge in [-0.25, -0.2) is 4.98 Å². The van der Waals surface area contributed by atoms with Gasteiger partial charge in [-0.05, 0) is 60.6 Å². The minimum atomic E-state index is 0.00722. The molecule has 2 aromatic rings. The van der Waals surface area contributed by atoms with Crippen LogP contribution in [-0.4, -0.2) is 17.1 Å². The van der Waals surface area contributed by atoms with Crippen LogP contribution in [0.25, 0.3) is 0 Å². The van der Waals surface area contributed by atoms with Crippen molar-refractivity contribution < 1.29 is 4.74 Å². The molecule has 1 aliphatic heterocycles. The van der Waals surface area contributed by atoms with E-state index < -0.39 is 0 Å². The van der Waals surface area contributed by atoms with Crippen molar-refractivity contribution in [2.24, 2.45) is 0 Å². The molecule has 0 fully saturated rings. The summed E-state index contributed by atoms with van der Waals surface area (Å²) in [4.78, 5) is 7.06. The molecule has 1 aliphatic carbocycles. The maximum absolute atomic E-state index is 6.33. The molecule has 2 atom stereocenters. The Morgan fingerprint density at radius 1 is 1.07 bits per heavy atom. The van der Waals surface area contributed by atoms with Crippen LogP contribution in [-0.2, 0) is 5.41 Å². The van der Waals surface area contributed by atoms with Crippen LogP contribution in [0, 0.1) is 13.8 Å². The molecule has 0 N–H and O–H groups in total. The summed E-state index contributed by atoms with van der Waals surface area (Å²) in [5.41, 5.74) is 6.52. The third kappa shape index (κ3) is 2.95. The Hall–Kier alpha value is -2.55. The lowest BCUT2D eigenvalue weighted by atomic mass is 9.84. The first-order valence-corrected chi connectivity index (χ1v) is 9.65. The van der Waals surface area contributed by atoms with Gasteiger partial charge in [-0.15, -0.1) is 0 Å². The Morgan fingerprint density at radius 3 is 2.44 bits per heavy atom. The van der Waals surface area contributed by atoms with Crippen LogP contribution in [0.2, 0.25) is 0 Å². The van der Waals surface area contributed by atoms with Gasteiger partial charge in [-0.2, -0.15) is 0 Å². The molecule has 0 saturated heterocycles. The van der Waals surface area contributed by atoms with Gasteiger partial charge in [0.1, 0.15) is 6.10 Å². The molecule has 140 valence electrons. The summed E-state index contributed by atoms with van der Waals surface area (Å²) in [5.74, 6) is 1.74. The average molecular weight is 361 g/mol. The fourth-order valence-electron chi connectivity index (χ4n) is 4.13. The fraction of sp³-hybridized carbons (Fsp3) is 0.375. The first-order valence-electron chi connectivity index (χ1n) is 9.65. The summed E-state index contributed by atoms with van der Waals surface area (Å²) >= 11 is 0. The number of aryl methyl sites for hydroxylation is 2. The largest absolute Gasteiger partial charge is 0.480 e. The number of hydrogen-bond donors (Lipinski definition) is 0. The molecule has 3 heteroatoms. The molecule has 1 aromatic heterocycles. The molecule has 4 rings (SSSR count). The van der Waals surface area contributed by atoms with E-state index in [1.165, 1.54) is 28.0 Å². The maximum Gasteiger partial charge on any atom is 0.176 e. The molecule has 2 unspecified atom stereocenters. The first kappa shape index (κ1) is 17.8. The van der Waals surface area contributed by atoms with Gasteiger partial charge in [0.2, 0.25) is 0 Å². The Bertz CT molecular complexity index is 926. The van der Waals surface area contributed by atoms with Crippen molar-refractivity contribution in [1.29, 1.82) is 0 Å². The second kappa shape index (κ2) is 6.26. The zero-order valence-corrected chi connectivity index (χ0v) is 17.1. The van der Waals surface area contributed by atoms with E-state index in [2.05, 4.69) is 76.8 Å². The first-order chi connectivity index (χ1) is 12.8. The minimum absolute atomic E-state index is 0.00722. The van der Waals surface area contributed by atoms with E-state index in [0.717, 1.165) is 11.6 Å². The van der Waals surface area contributed by atoms with Crippen LogP contribution in [0.15, 0.2) is 54.3 Å². The smallest absolute Gasteiger partial charge is 0.176 e. The predicted octanol–water partition coefficient (Wildman–Crippen LogP) is 5.78. The molecule has 0 spiro atoms. The van der Waals surface area contributed by atoms with Gasteiger partial charge in [0.05, 0.1) is 6.04 Å². The highest BCUT2D eigenvalue weighted by Gasteiger charge is 2.39. The number of hydrogen-bond acceptors (Lipinski definition) is 3. The van der Waals surface area contributed by atoms with Crippen molar-refractivity contribution in [3.63, 3.8) is 0 Å². The van der Waals surface area contributed by atoms with Gasteiger partial charge in [0.25, 0.3) is 0 Å². The van der Waals surface area contributed by atoms with Crippen LogP contribution < -0.4 is 9.64 Å². The molecule has 0 bridgehead atoms. The van der Waals surface area contributed by atoms with Crippen LogP contribution >= 0.6 is 0 Å². The summed E-state index contributed by atoms with van der Waals surface area (Å²) < 4.78 is 6.33. The number of aromatic nitrogens is 1. The van der Waals surface area contributed by atoms with Gasteiger partial charge in [0.15, 0.2) is 11.6 Å². The number of fused-ring (bicyclic) bond motifs is 2. The van der Waals surface area contributed by atoms with E-state index in [9.17, 15) is 0 Å². The molecule has 0 radical (unpaired) electrons.